The third kappa shape index (κ3) is 4.57. The highest BCUT2D eigenvalue weighted by Gasteiger charge is 2.17. The Kier molecular flexibility index (Phi) is 6.08. The summed E-state index contributed by atoms with van der Waals surface area (Å²) in [5.74, 6) is -0.201. The third-order valence-electron chi connectivity index (χ3n) is 3.89. The molecule has 0 fully saturated rings. The summed E-state index contributed by atoms with van der Waals surface area (Å²) in [6, 6.07) is 15.7. The monoisotopic (exact) mass is 391 g/mol. The molecule has 1 aromatic heterocycles. The highest BCUT2D eigenvalue weighted by atomic mass is 32.1. The van der Waals surface area contributed by atoms with Crippen LogP contribution >= 0.6 is 11.3 Å². The molecular weight excluding hydrogens is 374 g/mol. The maximum Gasteiger partial charge on any atom is 0.269 e. The first-order chi connectivity index (χ1) is 13.6. The quantitative estimate of drug-likeness (QED) is 0.247. The number of hydrogen-bond acceptors (Lipinski definition) is 5. The van der Waals surface area contributed by atoms with Crippen LogP contribution in [0, 0.1) is 10.1 Å². The lowest BCUT2D eigenvalue weighted by Gasteiger charge is -2.15. The number of nitro benzene ring substituents is 1. The Morgan fingerprint density at radius 3 is 2.54 bits per heavy atom. The number of rotatable bonds is 7. The zero-order valence-electron chi connectivity index (χ0n) is 14.9. The maximum absolute atomic E-state index is 12.7. The number of carbonyl (C=O) groups excluding carboxylic acids is 1. The third-order valence-corrected chi connectivity index (χ3v) is 4.76. The summed E-state index contributed by atoms with van der Waals surface area (Å²) in [5, 5.41) is 13.1. The lowest BCUT2D eigenvalue weighted by Crippen LogP contribution is -2.29. The van der Waals surface area contributed by atoms with Gasteiger partial charge >= 0.3 is 0 Å². The summed E-state index contributed by atoms with van der Waals surface area (Å²) in [7, 11) is 0. The van der Waals surface area contributed by atoms with Gasteiger partial charge in [0.05, 0.1) is 10.6 Å². The molecule has 3 aromatic rings. The summed E-state index contributed by atoms with van der Waals surface area (Å²) >= 11 is 1.33. The number of aromatic nitrogens is 1. The van der Waals surface area contributed by atoms with Crippen molar-refractivity contribution in [3.63, 3.8) is 0 Å². The van der Waals surface area contributed by atoms with Crippen molar-refractivity contribution in [2.24, 2.45) is 0 Å². The Morgan fingerprint density at radius 2 is 1.89 bits per heavy atom. The normalized spacial score (nSPS) is 10.7. The SMILES string of the molecule is C=CCN(C(=O)/C=C/c1ccccc1)c1nc(-c2ccc([N+](=O)[O-])cc2)cs1. The Bertz CT molecular complexity index is 1010. The summed E-state index contributed by atoms with van der Waals surface area (Å²) < 4.78 is 0. The van der Waals surface area contributed by atoms with Crippen molar-refractivity contribution in [1.82, 2.24) is 4.98 Å². The van der Waals surface area contributed by atoms with E-state index in [1.165, 1.54) is 34.4 Å². The number of amides is 1. The molecule has 0 radical (unpaired) electrons. The van der Waals surface area contributed by atoms with Gasteiger partial charge in [0.2, 0.25) is 0 Å². The van der Waals surface area contributed by atoms with Crippen LogP contribution in [0.2, 0.25) is 0 Å². The van der Waals surface area contributed by atoms with E-state index in [1.807, 2.05) is 35.7 Å². The van der Waals surface area contributed by atoms with Gasteiger partial charge in [-0.2, -0.15) is 0 Å². The van der Waals surface area contributed by atoms with Crippen LogP contribution in [0.3, 0.4) is 0 Å². The average molecular weight is 391 g/mol. The van der Waals surface area contributed by atoms with Crippen LogP contribution in [-0.2, 0) is 4.79 Å². The molecule has 0 aliphatic rings. The second kappa shape index (κ2) is 8.88. The van der Waals surface area contributed by atoms with Gasteiger partial charge < -0.3 is 0 Å². The van der Waals surface area contributed by atoms with Crippen molar-refractivity contribution in [3.8, 4) is 11.3 Å². The highest BCUT2D eigenvalue weighted by molar-refractivity contribution is 7.14. The Balaban J connectivity index is 1.81. The summed E-state index contributed by atoms with van der Waals surface area (Å²) in [6.07, 6.45) is 4.90. The molecule has 1 amide bonds. The average Bonchev–Trinajstić information content (AvgIpc) is 3.21. The highest BCUT2D eigenvalue weighted by Crippen LogP contribution is 2.29. The Hall–Kier alpha value is -3.58. The molecule has 0 bridgehead atoms. The van der Waals surface area contributed by atoms with Gasteiger partial charge in [0.25, 0.3) is 11.6 Å². The van der Waals surface area contributed by atoms with Crippen molar-refractivity contribution < 1.29 is 9.72 Å². The fourth-order valence-electron chi connectivity index (χ4n) is 2.49. The Labute approximate surface area is 166 Å². The van der Waals surface area contributed by atoms with Gasteiger partial charge in [-0.1, -0.05) is 36.4 Å². The fourth-order valence-corrected chi connectivity index (χ4v) is 3.34. The van der Waals surface area contributed by atoms with E-state index in [0.29, 0.717) is 17.4 Å². The van der Waals surface area contributed by atoms with Crippen molar-refractivity contribution in [2.45, 2.75) is 0 Å². The second-order valence-corrected chi connectivity index (χ2v) is 6.64. The van der Waals surface area contributed by atoms with Gasteiger partial charge in [0.15, 0.2) is 5.13 Å². The van der Waals surface area contributed by atoms with Gasteiger partial charge in [-0.3, -0.25) is 19.8 Å². The van der Waals surface area contributed by atoms with E-state index in [0.717, 1.165) is 11.1 Å². The summed E-state index contributed by atoms with van der Waals surface area (Å²) in [5.41, 5.74) is 2.36. The summed E-state index contributed by atoms with van der Waals surface area (Å²) in [6.45, 7) is 4.04. The first-order valence-electron chi connectivity index (χ1n) is 8.44. The Morgan fingerprint density at radius 1 is 1.18 bits per heavy atom. The molecule has 0 spiro atoms. The zero-order chi connectivity index (χ0) is 19.9. The number of anilines is 1. The van der Waals surface area contributed by atoms with E-state index in [2.05, 4.69) is 11.6 Å². The molecular formula is C21H17N3O3S. The minimum absolute atomic E-state index is 0.0220. The van der Waals surface area contributed by atoms with E-state index in [9.17, 15) is 14.9 Å². The molecule has 1 heterocycles. The molecule has 7 heteroatoms. The van der Waals surface area contributed by atoms with Gasteiger partial charge in [-0.25, -0.2) is 4.98 Å². The van der Waals surface area contributed by atoms with Gasteiger partial charge in [0.1, 0.15) is 0 Å². The zero-order valence-corrected chi connectivity index (χ0v) is 15.7. The van der Waals surface area contributed by atoms with Crippen LogP contribution in [-0.4, -0.2) is 22.4 Å². The van der Waals surface area contributed by atoms with Crippen molar-refractivity contribution >= 4 is 34.1 Å². The van der Waals surface area contributed by atoms with E-state index in [-0.39, 0.29) is 11.6 Å². The molecule has 0 N–H and O–H groups in total. The van der Waals surface area contributed by atoms with Crippen LogP contribution in [0.1, 0.15) is 5.56 Å². The van der Waals surface area contributed by atoms with E-state index >= 15 is 0 Å². The molecule has 0 unspecified atom stereocenters. The first-order valence-corrected chi connectivity index (χ1v) is 9.32. The standard InChI is InChI=1S/C21H17N3O3S/c1-2-14-23(20(25)13-8-16-6-4-3-5-7-16)21-22-19(15-28-21)17-9-11-18(12-10-17)24(26)27/h2-13,15H,1,14H2/b13-8+. The molecule has 0 aliphatic carbocycles. The van der Waals surface area contributed by atoms with Crippen LogP contribution in [0.5, 0.6) is 0 Å². The van der Waals surface area contributed by atoms with Gasteiger partial charge in [-0.05, 0) is 23.8 Å². The molecule has 0 aliphatic heterocycles. The lowest BCUT2D eigenvalue weighted by atomic mass is 10.1. The molecule has 3 rings (SSSR count). The second-order valence-electron chi connectivity index (χ2n) is 5.80. The number of nitro groups is 1. The maximum atomic E-state index is 12.7. The number of carbonyl (C=O) groups is 1. The van der Waals surface area contributed by atoms with Gasteiger partial charge in [-0.15, -0.1) is 17.9 Å². The predicted molar refractivity (Wildman–Crippen MR) is 112 cm³/mol. The minimum Gasteiger partial charge on any atom is -0.281 e. The molecule has 6 nitrogen and oxygen atoms in total. The van der Waals surface area contributed by atoms with Crippen LogP contribution in [0.4, 0.5) is 10.8 Å². The molecule has 2 aromatic carbocycles. The topological polar surface area (TPSA) is 76.3 Å². The van der Waals surface area contributed by atoms with E-state index in [4.69, 9.17) is 0 Å². The van der Waals surface area contributed by atoms with Crippen molar-refractivity contribution in [1.29, 1.82) is 0 Å². The largest absolute Gasteiger partial charge is 0.281 e. The number of non-ortho nitro benzene ring substituents is 1. The fraction of sp³-hybridized carbons (Fsp3) is 0.0476. The number of thiazole rings is 1. The van der Waals surface area contributed by atoms with Crippen molar-refractivity contribution in [3.05, 3.63) is 94.4 Å². The number of nitrogens with zero attached hydrogens (tertiary/aromatic N) is 3. The number of hydrogen-bond donors (Lipinski definition) is 0. The van der Waals surface area contributed by atoms with Gasteiger partial charge in [0, 0.05) is 35.7 Å². The molecule has 0 saturated heterocycles. The van der Waals surface area contributed by atoms with Crippen LogP contribution < -0.4 is 4.90 Å². The van der Waals surface area contributed by atoms with Crippen LogP contribution in [0.15, 0.2) is 78.7 Å². The molecule has 140 valence electrons. The van der Waals surface area contributed by atoms with Crippen LogP contribution in [0.25, 0.3) is 17.3 Å². The minimum atomic E-state index is -0.445. The molecule has 0 saturated carbocycles. The smallest absolute Gasteiger partial charge is 0.269 e. The predicted octanol–water partition coefficient (Wildman–Crippen LogP) is 4.95. The molecule has 0 atom stereocenters. The van der Waals surface area contributed by atoms with Crippen molar-refractivity contribution in [2.75, 3.05) is 11.4 Å². The lowest BCUT2D eigenvalue weighted by molar-refractivity contribution is -0.384. The van der Waals surface area contributed by atoms with E-state index in [1.54, 1.807) is 24.3 Å². The van der Waals surface area contributed by atoms with E-state index < -0.39 is 4.92 Å². The first kappa shape index (κ1) is 19.2. The summed E-state index contributed by atoms with van der Waals surface area (Å²) in [4.78, 5) is 29.1. The molecule has 28 heavy (non-hydrogen) atoms. The number of benzene rings is 2.